The predicted molar refractivity (Wildman–Crippen MR) is 75.9 cm³/mol. The molecule has 0 spiro atoms. The molecule has 0 fully saturated rings. The summed E-state index contributed by atoms with van der Waals surface area (Å²) in [7, 11) is 0. The fourth-order valence-corrected chi connectivity index (χ4v) is 1.71. The lowest BCUT2D eigenvalue weighted by Gasteiger charge is -2.02. The highest BCUT2D eigenvalue weighted by Crippen LogP contribution is 2.09. The zero-order chi connectivity index (χ0) is 13.5. The fraction of sp³-hybridized carbons (Fsp3) is 0.133. The number of benzene rings is 1. The van der Waals surface area contributed by atoms with Gasteiger partial charge in [-0.05, 0) is 42.3 Å². The smallest absolute Gasteiger partial charge is 0.244 e. The highest BCUT2D eigenvalue weighted by atomic mass is 35.5. The van der Waals surface area contributed by atoms with Crippen LogP contribution in [0.2, 0.25) is 5.02 Å². The van der Waals surface area contributed by atoms with Crippen LogP contribution in [0.3, 0.4) is 0 Å². The van der Waals surface area contributed by atoms with Gasteiger partial charge in [0.1, 0.15) is 5.76 Å². The molecule has 1 amide bonds. The van der Waals surface area contributed by atoms with E-state index in [2.05, 4.69) is 5.32 Å². The minimum Gasteiger partial charge on any atom is -0.465 e. The number of hydrogen-bond acceptors (Lipinski definition) is 2. The molecule has 0 radical (unpaired) electrons. The van der Waals surface area contributed by atoms with Crippen LogP contribution in [0, 0.1) is 0 Å². The molecule has 0 saturated carbocycles. The highest BCUT2D eigenvalue weighted by Gasteiger charge is 1.97. The van der Waals surface area contributed by atoms with Crippen molar-refractivity contribution in [2.45, 2.75) is 6.42 Å². The number of rotatable bonds is 5. The van der Waals surface area contributed by atoms with Gasteiger partial charge in [0, 0.05) is 17.6 Å². The van der Waals surface area contributed by atoms with Crippen LogP contribution in [-0.2, 0) is 11.2 Å². The molecule has 3 nitrogen and oxygen atoms in total. The summed E-state index contributed by atoms with van der Waals surface area (Å²) < 4.78 is 5.09. The maximum Gasteiger partial charge on any atom is 0.244 e. The third-order valence-corrected chi connectivity index (χ3v) is 2.82. The Kier molecular flexibility index (Phi) is 4.81. The molecule has 98 valence electrons. The Morgan fingerprint density at radius 3 is 2.74 bits per heavy atom. The van der Waals surface area contributed by atoms with E-state index in [4.69, 9.17) is 16.0 Å². The first-order chi connectivity index (χ1) is 9.24. The topological polar surface area (TPSA) is 42.2 Å². The lowest BCUT2D eigenvalue weighted by Crippen LogP contribution is -2.23. The lowest BCUT2D eigenvalue weighted by atomic mass is 10.1. The molecule has 1 aromatic heterocycles. The second-order valence-corrected chi connectivity index (χ2v) is 4.45. The number of hydrogen-bond donors (Lipinski definition) is 1. The van der Waals surface area contributed by atoms with Gasteiger partial charge in [0.15, 0.2) is 0 Å². The molecule has 1 aromatic carbocycles. The number of furan rings is 1. The maximum atomic E-state index is 11.5. The Labute approximate surface area is 116 Å². The summed E-state index contributed by atoms with van der Waals surface area (Å²) in [5.74, 6) is 0.526. The van der Waals surface area contributed by atoms with Crippen LogP contribution in [-0.4, -0.2) is 12.5 Å². The fourth-order valence-electron chi connectivity index (χ4n) is 1.58. The molecule has 0 aliphatic carbocycles. The van der Waals surface area contributed by atoms with E-state index in [0.29, 0.717) is 17.3 Å². The minimum atomic E-state index is -0.134. The molecular formula is C15H14ClNO2. The summed E-state index contributed by atoms with van der Waals surface area (Å²) >= 11 is 5.80. The van der Waals surface area contributed by atoms with E-state index in [1.807, 2.05) is 24.3 Å². The van der Waals surface area contributed by atoms with E-state index < -0.39 is 0 Å². The molecule has 2 rings (SSSR count). The Bertz CT molecular complexity index is 544. The van der Waals surface area contributed by atoms with E-state index in [-0.39, 0.29) is 5.91 Å². The molecule has 0 bridgehead atoms. The van der Waals surface area contributed by atoms with Crippen molar-refractivity contribution in [2.75, 3.05) is 6.54 Å². The van der Waals surface area contributed by atoms with Gasteiger partial charge in [-0.1, -0.05) is 23.7 Å². The first kappa shape index (κ1) is 13.4. The molecule has 1 N–H and O–H groups in total. The monoisotopic (exact) mass is 275 g/mol. The van der Waals surface area contributed by atoms with Gasteiger partial charge >= 0.3 is 0 Å². The molecule has 0 unspecified atom stereocenters. The third-order valence-electron chi connectivity index (χ3n) is 2.57. The molecule has 2 aromatic rings. The molecule has 0 aliphatic heterocycles. The van der Waals surface area contributed by atoms with Crippen molar-refractivity contribution in [2.24, 2.45) is 0 Å². The number of carbonyl (C=O) groups is 1. The quantitative estimate of drug-likeness (QED) is 0.851. The largest absolute Gasteiger partial charge is 0.465 e. The second kappa shape index (κ2) is 6.81. The minimum absolute atomic E-state index is 0.134. The van der Waals surface area contributed by atoms with Crippen LogP contribution < -0.4 is 5.32 Å². The SMILES string of the molecule is O=C(/C=C/c1ccco1)NCCc1ccc(Cl)cc1. The Morgan fingerprint density at radius 1 is 1.26 bits per heavy atom. The van der Waals surface area contributed by atoms with Crippen LogP contribution in [0.5, 0.6) is 0 Å². The van der Waals surface area contributed by atoms with Crippen LogP contribution in [0.15, 0.2) is 53.2 Å². The van der Waals surface area contributed by atoms with Crippen molar-refractivity contribution in [1.82, 2.24) is 5.32 Å². The second-order valence-electron chi connectivity index (χ2n) is 4.02. The third kappa shape index (κ3) is 4.64. The lowest BCUT2D eigenvalue weighted by molar-refractivity contribution is -0.116. The van der Waals surface area contributed by atoms with Crippen LogP contribution in [0.4, 0.5) is 0 Å². The standard InChI is InChI=1S/C15H14ClNO2/c16-13-5-3-12(4-6-13)9-10-17-15(18)8-7-14-2-1-11-19-14/h1-8,11H,9-10H2,(H,17,18)/b8-7+. The van der Waals surface area contributed by atoms with E-state index in [0.717, 1.165) is 12.0 Å². The summed E-state index contributed by atoms with van der Waals surface area (Å²) in [5.41, 5.74) is 1.14. The van der Waals surface area contributed by atoms with Crippen LogP contribution in [0.25, 0.3) is 6.08 Å². The zero-order valence-electron chi connectivity index (χ0n) is 10.3. The van der Waals surface area contributed by atoms with E-state index in [9.17, 15) is 4.79 Å². The summed E-state index contributed by atoms with van der Waals surface area (Å²) in [5, 5.41) is 3.52. The first-order valence-electron chi connectivity index (χ1n) is 5.98. The molecule has 0 saturated heterocycles. The highest BCUT2D eigenvalue weighted by molar-refractivity contribution is 6.30. The Morgan fingerprint density at radius 2 is 2.05 bits per heavy atom. The summed E-state index contributed by atoms with van der Waals surface area (Å²) in [4.78, 5) is 11.5. The Balaban J connectivity index is 1.73. The summed E-state index contributed by atoms with van der Waals surface area (Å²) in [6, 6.07) is 11.2. The molecule has 19 heavy (non-hydrogen) atoms. The van der Waals surface area contributed by atoms with Gasteiger partial charge in [0.2, 0.25) is 5.91 Å². The van der Waals surface area contributed by atoms with Gasteiger partial charge in [-0.15, -0.1) is 0 Å². The molecule has 0 aliphatic rings. The summed E-state index contributed by atoms with van der Waals surface area (Å²) in [6.45, 7) is 0.586. The van der Waals surface area contributed by atoms with Crippen molar-refractivity contribution in [3.8, 4) is 0 Å². The normalized spacial score (nSPS) is 10.8. The zero-order valence-corrected chi connectivity index (χ0v) is 11.1. The average Bonchev–Trinajstić information content (AvgIpc) is 2.92. The van der Waals surface area contributed by atoms with Crippen molar-refractivity contribution < 1.29 is 9.21 Å². The maximum absolute atomic E-state index is 11.5. The van der Waals surface area contributed by atoms with Gasteiger partial charge in [0.05, 0.1) is 6.26 Å². The summed E-state index contributed by atoms with van der Waals surface area (Å²) in [6.07, 6.45) is 5.44. The average molecular weight is 276 g/mol. The number of carbonyl (C=O) groups excluding carboxylic acids is 1. The van der Waals surface area contributed by atoms with Gasteiger partial charge < -0.3 is 9.73 Å². The number of amides is 1. The van der Waals surface area contributed by atoms with E-state index in [1.54, 1.807) is 24.5 Å². The van der Waals surface area contributed by atoms with Crippen LogP contribution >= 0.6 is 11.6 Å². The molecule has 4 heteroatoms. The van der Waals surface area contributed by atoms with Crippen LogP contribution in [0.1, 0.15) is 11.3 Å². The molecular weight excluding hydrogens is 262 g/mol. The van der Waals surface area contributed by atoms with Crippen molar-refractivity contribution >= 4 is 23.6 Å². The predicted octanol–water partition coefficient (Wildman–Crippen LogP) is 3.31. The van der Waals surface area contributed by atoms with E-state index >= 15 is 0 Å². The van der Waals surface area contributed by atoms with Gasteiger partial charge in [-0.3, -0.25) is 4.79 Å². The van der Waals surface area contributed by atoms with Crippen molar-refractivity contribution in [3.05, 3.63) is 65.1 Å². The first-order valence-corrected chi connectivity index (χ1v) is 6.36. The number of nitrogens with one attached hydrogen (secondary N) is 1. The van der Waals surface area contributed by atoms with Gasteiger partial charge in [-0.25, -0.2) is 0 Å². The van der Waals surface area contributed by atoms with Crippen molar-refractivity contribution in [1.29, 1.82) is 0 Å². The number of halogens is 1. The van der Waals surface area contributed by atoms with Gasteiger partial charge in [-0.2, -0.15) is 0 Å². The van der Waals surface area contributed by atoms with Crippen molar-refractivity contribution in [3.63, 3.8) is 0 Å². The molecule has 1 heterocycles. The van der Waals surface area contributed by atoms with Gasteiger partial charge in [0.25, 0.3) is 0 Å². The van der Waals surface area contributed by atoms with E-state index in [1.165, 1.54) is 6.08 Å². The Hall–Kier alpha value is -2.00. The molecule has 0 atom stereocenters.